The summed E-state index contributed by atoms with van der Waals surface area (Å²) >= 11 is 0. The SMILES string of the molecule is CCOC(=O)C(C)N1CCCC[Si]1(CC)CC. The van der Waals surface area contributed by atoms with Gasteiger partial charge >= 0.3 is 5.97 Å². The maximum atomic E-state index is 11.9. The van der Waals surface area contributed by atoms with Crippen molar-refractivity contribution in [3.63, 3.8) is 0 Å². The number of hydrogen-bond donors (Lipinski definition) is 0. The summed E-state index contributed by atoms with van der Waals surface area (Å²) in [7, 11) is -1.38. The van der Waals surface area contributed by atoms with Crippen molar-refractivity contribution in [2.45, 2.75) is 64.7 Å². The van der Waals surface area contributed by atoms with E-state index in [0.29, 0.717) is 6.61 Å². The van der Waals surface area contributed by atoms with Gasteiger partial charge in [0.25, 0.3) is 0 Å². The predicted molar refractivity (Wildman–Crippen MR) is 73.6 cm³/mol. The topological polar surface area (TPSA) is 29.5 Å². The smallest absolute Gasteiger partial charge is 0.322 e. The second-order valence-corrected chi connectivity index (χ2v) is 9.95. The molecule has 1 rings (SSSR count). The normalized spacial score (nSPS) is 22.1. The third kappa shape index (κ3) is 3.10. The van der Waals surface area contributed by atoms with E-state index in [1.165, 1.54) is 31.0 Å². The van der Waals surface area contributed by atoms with Gasteiger partial charge in [-0.2, -0.15) is 0 Å². The van der Waals surface area contributed by atoms with Crippen molar-refractivity contribution >= 4 is 14.2 Å². The van der Waals surface area contributed by atoms with Gasteiger partial charge in [0.15, 0.2) is 0 Å². The van der Waals surface area contributed by atoms with Crippen molar-refractivity contribution in [1.82, 2.24) is 4.57 Å². The average Bonchev–Trinajstić information content (AvgIpc) is 2.38. The molecule has 17 heavy (non-hydrogen) atoms. The Kier molecular flexibility index (Phi) is 5.66. The lowest BCUT2D eigenvalue weighted by atomic mass is 10.3. The Labute approximate surface area is 107 Å². The molecular formula is C13H27NO2Si. The van der Waals surface area contributed by atoms with Crippen molar-refractivity contribution in [2.75, 3.05) is 13.2 Å². The average molecular weight is 257 g/mol. The van der Waals surface area contributed by atoms with E-state index in [0.717, 1.165) is 6.54 Å². The summed E-state index contributed by atoms with van der Waals surface area (Å²) in [6.45, 7) is 10.1. The molecule has 0 saturated carbocycles. The molecule has 0 aliphatic carbocycles. The molecule has 0 amide bonds. The highest BCUT2D eigenvalue weighted by molar-refractivity contribution is 6.77. The highest BCUT2D eigenvalue weighted by atomic mass is 28.3. The summed E-state index contributed by atoms with van der Waals surface area (Å²) in [6.07, 6.45) is 2.58. The van der Waals surface area contributed by atoms with Crippen LogP contribution < -0.4 is 0 Å². The van der Waals surface area contributed by atoms with Crippen LogP contribution in [0.3, 0.4) is 0 Å². The van der Waals surface area contributed by atoms with Gasteiger partial charge in [-0.3, -0.25) is 4.79 Å². The number of rotatable bonds is 5. The van der Waals surface area contributed by atoms with E-state index >= 15 is 0 Å². The largest absolute Gasteiger partial charge is 0.465 e. The Balaban J connectivity index is 2.80. The van der Waals surface area contributed by atoms with Gasteiger partial charge in [0.05, 0.1) is 12.6 Å². The molecule has 1 aliphatic rings. The Morgan fingerprint density at radius 3 is 2.47 bits per heavy atom. The quantitative estimate of drug-likeness (QED) is 0.560. The molecule has 1 unspecified atom stereocenters. The molecule has 0 spiro atoms. The summed E-state index contributed by atoms with van der Waals surface area (Å²) in [5, 5.41) is 0. The van der Waals surface area contributed by atoms with Crippen molar-refractivity contribution < 1.29 is 9.53 Å². The molecule has 100 valence electrons. The number of carbonyl (C=O) groups is 1. The van der Waals surface area contributed by atoms with Crippen LogP contribution in [0.1, 0.15) is 40.5 Å². The lowest BCUT2D eigenvalue weighted by Gasteiger charge is -2.47. The Morgan fingerprint density at radius 2 is 1.94 bits per heavy atom. The lowest BCUT2D eigenvalue weighted by Crippen LogP contribution is -2.60. The summed E-state index contributed by atoms with van der Waals surface area (Å²) in [5.41, 5.74) is 0. The van der Waals surface area contributed by atoms with Gasteiger partial charge in [-0.05, 0) is 44.9 Å². The van der Waals surface area contributed by atoms with Gasteiger partial charge in [0, 0.05) is 0 Å². The third-order valence-corrected chi connectivity index (χ3v) is 10.1. The monoisotopic (exact) mass is 257 g/mol. The second kappa shape index (κ2) is 6.54. The molecule has 0 aromatic carbocycles. The molecule has 0 aromatic heterocycles. The molecule has 1 aliphatic heterocycles. The van der Waals surface area contributed by atoms with Crippen LogP contribution in [-0.4, -0.2) is 38.0 Å². The zero-order chi connectivity index (χ0) is 12.9. The first-order valence-corrected chi connectivity index (χ1v) is 9.61. The van der Waals surface area contributed by atoms with Crippen LogP contribution in [0.2, 0.25) is 18.1 Å². The molecule has 1 heterocycles. The number of nitrogens with zero attached hydrogens (tertiary/aromatic N) is 1. The molecule has 0 bridgehead atoms. The first kappa shape index (κ1) is 14.7. The van der Waals surface area contributed by atoms with E-state index in [2.05, 4.69) is 18.4 Å². The molecule has 4 heteroatoms. The summed E-state index contributed by atoms with van der Waals surface area (Å²) in [4.78, 5) is 11.9. The summed E-state index contributed by atoms with van der Waals surface area (Å²) in [6, 6.07) is 3.83. The van der Waals surface area contributed by atoms with Crippen LogP contribution in [0.4, 0.5) is 0 Å². The fourth-order valence-corrected chi connectivity index (χ4v) is 7.90. The molecule has 1 saturated heterocycles. The molecule has 1 fully saturated rings. The Morgan fingerprint density at radius 1 is 1.29 bits per heavy atom. The minimum Gasteiger partial charge on any atom is -0.465 e. The van der Waals surface area contributed by atoms with Gasteiger partial charge in [-0.15, -0.1) is 0 Å². The highest BCUT2D eigenvalue weighted by Crippen LogP contribution is 2.33. The second-order valence-electron chi connectivity index (χ2n) is 5.01. The van der Waals surface area contributed by atoms with E-state index in [9.17, 15) is 4.79 Å². The Hall–Kier alpha value is -0.353. The van der Waals surface area contributed by atoms with Crippen LogP contribution in [0.5, 0.6) is 0 Å². The van der Waals surface area contributed by atoms with Gasteiger partial charge < -0.3 is 9.30 Å². The van der Waals surface area contributed by atoms with E-state index in [1.807, 2.05) is 13.8 Å². The maximum absolute atomic E-state index is 11.9. The lowest BCUT2D eigenvalue weighted by molar-refractivity contribution is -0.147. The Bertz CT molecular complexity index is 254. The van der Waals surface area contributed by atoms with Crippen molar-refractivity contribution in [3.05, 3.63) is 0 Å². The van der Waals surface area contributed by atoms with Gasteiger partial charge in [0.1, 0.15) is 8.24 Å². The van der Waals surface area contributed by atoms with Crippen LogP contribution in [-0.2, 0) is 9.53 Å². The molecule has 3 nitrogen and oxygen atoms in total. The zero-order valence-corrected chi connectivity index (χ0v) is 12.8. The minimum absolute atomic E-state index is 0.0341. The van der Waals surface area contributed by atoms with Gasteiger partial charge in [-0.1, -0.05) is 20.3 Å². The highest BCUT2D eigenvalue weighted by Gasteiger charge is 2.42. The predicted octanol–water partition coefficient (Wildman–Crippen LogP) is 3.02. The third-order valence-electron chi connectivity index (χ3n) is 4.31. The molecule has 1 atom stereocenters. The molecule has 0 radical (unpaired) electrons. The first-order chi connectivity index (χ1) is 8.11. The molecule has 0 aromatic rings. The van der Waals surface area contributed by atoms with Crippen molar-refractivity contribution in [1.29, 1.82) is 0 Å². The van der Waals surface area contributed by atoms with Crippen molar-refractivity contribution in [3.8, 4) is 0 Å². The van der Waals surface area contributed by atoms with Crippen LogP contribution in [0.25, 0.3) is 0 Å². The fourth-order valence-electron chi connectivity index (χ4n) is 3.12. The number of ether oxygens (including phenoxy) is 1. The van der Waals surface area contributed by atoms with Crippen LogP contribution >= 0.6 is 0 Å². The maximum Gasteiger partial charge on any atom is 0.322 e. The molecule has 0 N–H and O–H groups in total. The van der Waals surface area contributed by atoms with E-state index in [1.54, 1.807) is 0 Å². The summed E-state index contributed by atoms with van der Waals surface area (Å²) in [5.74, 6) is -0.0341. The van der Waals surface area contributed by atoms with Crippen molar-refractivity contribution in [2.24, 2.45) is 0 Å². The fraction of sp³-hybridized carbons (Fsp3) is 0.923. The van der Waals surface area contributed by atoms with E-state index in [-0.39, 0.29) is 12.0 Å². The van der Waals surface area contributed by atoms with Gasteiger partial charge in [-0.25, -0.2) is 0 Å². The minimum atomic E-state index is -1.38. The summed E-state index contributed by atoms with van der Waals surface area (Å²) < 4.78 is 7.70. The number of esters is 1. The number of hydrogen-bond acceptors (Lipinski definition) is 3. The molecular weight excluding hydrogens is 230 g/mol. The number of carbonyl (C=O) groups excluding carboxylic acids is 1. The van der Waals surface area contributed by atoms with Crippen LogP contribution in [0, 0.1) is 0 Å². The standard InChI is InChI=1S/C13H27NO2Si/c1-5-16-13(15)12(4)14-10-8-9-11-17(14,6-2)7-3/h12H,5-11H2,1-4H3. The van der Waals surface area contributed by atoms with Gasteiger partial charge in [0.2, 0.25) is 0 Å². The van der Waals surface area contributed by atoms with E-state index in [4.69, 9.17) is 4.74 Å². The van der Waals surface area contributed by atoms with E-state index < -0.39 is 8.24 Å². The zero-order valence-electron chi connectivity index (χ0n) is 11.8. The first-order valence-electron chi connectivity index (χ1n) is 7.04. The van der Waals surface area contributed by atoms with Crippen LogP contribution in [0.15, 0.2) is 0 Å².